The van der Waals surface area contributed by atoms with Crippen molar-refractivity contribution in [1.29, 1.82) is 0 Å². The van der Waals surface area contributed by atoms with E-state index in [1.165, 1.54) is 12.1 Å². The van der Waals surface area contributed by atoms with E-state index in [-0.39, 0.29) is 72.8 Å². The van der Waals surface area contributed by atoms with Gasteiger partial charge in [0.2, 0.25) is 11.5 Å². The Morgan fingerprint density at radius 1 is 0.836 bits per heavy atom. The van der Waals surface area contributed by atoms with Gasteiger partial charge < -0.3 is 39.6 Å². The molecule has 13 nitrogen and oxygen atoms in total. The maximum Gasteiger partial charge on any atom is 0.338 e. The number of amides is 1. The van der Waals surface area contributed by atoms with Gasteiger partial charge in [-0.05, 0) is 123 Å². The molecule has 4 aliphatic rings. The van der Waals surface area contributed by atoms with E-state index in [9.17, 15) is 29.4 Å². The van der Waals surface area contributed by atoms with Gasteiger partial charge in [-0.25, -0.2) is 4.79 Å². The molecule has 0 radical (unpaired) electrons. The molecule has 354 valence electrons. The Morgan fingerprint density at radius 2 is 1.60 bits per heavy atom. The second kappa shape index (κ2) is 23.1. The molecule has 1 aromatic heterocycles. The molecule has 1 saturated carbocycles. The van der Waals surface area contributed by atoms with E-state index < -0.39 is 12.1 Å². The van der Waals surface area contributed by atoms with Gasteiger partial charge in [-0.3, -0.25) is 19.3 Å². The largest absolute Gasteiger partial charge is 0.506 e. The number of H-pyrrole nitrogens is 1. The van der Waals surface area contributed by atoms with Crippen LogP contribution in [0.25, 0.3) is 10.9 Å². The van der Waals surface area contributed by atoms with Gasteiger partial charge in [0, 0.05) is 49.5 Å². The van der Waals surface area contributed by atoms with Gasteiger partial charge in [-0.1, -0.05) is 79.9 Å². The molecule has 4 aromatic carbocycles. The molecule has 4 N–H and O–H groups in total. The lowest BCUT2D eigenvalue weighted by atomic mass is 9.85. The van der Waals surface area contributed by atoms with Crippen molar-refractivity contribution in [1.82, 2.24) is 20.1 Å². The number of carbonyl (C=O) groups excluding carboxylic acids is 3. The summed E-state index contributed by atoms with van der Waals surface area (Å²) in [5, 5.41) is 25.0. The van der Waals surface area contributed by atoms with Crippen molar-refractivity contribution in [3.05, 3.63) is 141 Å². The number of fused-ring (bicyclic) bond motifs is 4. The number of piperidine rings is 3. The molecule has 3 saturated heterocycles. The zero-order chi connectivity index (χ0) is 46.5. The normalized spacial score (nSPS) is 19.1. The monoisotopic (exact) mass is 912 g/mol. The van der Waals surface area contributed by atoms with Crippen LogP contribution in [-0.4, -0.2) is 101 Å². The first kappa shape index (κ1) is 47.5. The fourth-order valence-corrected chi connectivity index (χ4v) is 10.0. The number of phenols is 1. The molecule has 3 atom stereocenters. The van der Waals surface area contributed by atoms with Crippen molar-refractivity contribution < 1.29 is 38.8 Å². The minimum absolute atomic E-state index is 0.00760. The molecule has 9 rings (SSSR count). The number of benzene rings is 4. The van der Waals surface area contributed by atoms with E-state index in [0.717, 1.165) is 81.3 Å². The van der Waals surface area contributed by atoms with Crippen LogP contribution in [0.2, 0.25) is 0 Å². The van der Waals surface area contributed by atoms with Crippen LogP contribution < -0.4 is 15.6 Å². The third-order valence-corrected chi connectivity index (χ3v) is 13.8. The topological polar surface area (TPSA) is 171 Å². The zero-order valence-electron chi connectivity index (χ0n) is 38.3. The van der Waals surface area contributed by atoms with E-state index in [4.69, 9.17) is 14.2 Å². The van der Waals surface area contributed by atoms with Crippen molar-refractivity contribution in [2.45, 2.75) is 88.9 Å². The number of phenolic OH excluding ortho intramolecular Hbond substituents is 1. The number of aromatic hydroxyl groups is 1. The Labute approximate surface area is 392 Å². The standard InChI is InChI=1S/C54H64N4O9/c59-47-22-20-44(45-21-23-50(61)56-52(45)47)48(60)34-55-26-8-27-58(53(63)40-12-5-2-6-13-40)28-9-31-65-54(64)41-18-16-37(17-19-41)36-66-43-15-7-14-42(32-43)46(38-10-3-1-4-11-38)33-51(62)67-49-35-57-29-24-39(49)25-30-57/h1,3-4,7,10-11,14-23,32,39-40,46,48-49,55,59-60H,2,5-6,8-9,12-13,24-31,33-36H2,(H,56,61)/t46-,48-,49-/m0/s1. The molecular weight excluding hydrogens is 849 g/mol. The number of aliphatic hydroxyl groups excluding tert-OH is 1. The summed E-state index contributed by atoms with van der Waals surface area (Å²) < 4.78 is 18.0. The van der Waals surface area contributed by atoms with Crippen LogP contribution in [-0.2, 0) is 25.7 Å². The molecule has 1 amide bonds. The molecule has 67 heavy (non-hydrogen) atoms. The van der Waals surface area contributed by atoms with Crippen LogP contribution in [0.1, 0.15) is 109 Å². The number of ether oxygens (including phenoxy) is 3. The minimum Gasteiger partial charge on any atom is -0.506 e. The number of aromatic amines is 1. The van der Waals surface area contributed by atoms with Crippen molar-refractivity contribution in [3.8, 4) is 11.5 Å². The van der Waals surface area contributed by atoms with Gasteiger partial charge in [0.25, 0.3) is 0 Å². The predicted molar refractivity (Wildman–Crippen MR) is 256 cm³/mol. The summed E-state index contributed by atoms with van der Waals surface area (Å²) in [4.78, 5) is 58.9. The van der Waals surface area contributed by atoms with E-state index in [1.54, 1.807) is 24.3 Å². The van der Waals surface area contributed by atoms with Gasteiger partial charge in [-0.15, -0.1) is 0 Å². The smallest absolute Gasteiger partial charge is 0.338 e. The Bertz CT molecular complexity index is 2480. The lowest BCUT2D eigenvalue weighted by Gasteiger charge is -2.44. The number of hydrogen-bond acceptors (Lipinski definition) is 11. The van der Waals surface area contributed by atoms with Gasteiger partial charge in [0.1, 0.15) is 24.2 Å². The summed E-state index contributed by atoms with van der Waals surface area (Å²) in [6, 6.07) is 31.2. The van der Waals surface area contributed by atoms with Gasteiger partial charge in [0.05, 0.1) is 30.2 Å². The first-order valence-corrected chi connectivity index (χ1v) is 24.2. The Morgan fingerprint density at radius 3 is 2.36 bits per heavy atom. The summed E-state index contributed by atoms with van der Waals surface area (Å²) in [6.45, 7) is 5.29. The van der Waals surface area contributed by atoms with Crippen LogP contribution in [0.4, 0.5) is 0 Å². The van der Waals surface area contributed by atoms with Crippen molar-refractivity contribution in [3.63, 3.8) is 0 Å². The molecule has 4 fully saturated rings. The SMILES string of the molecule is O=C(C[C@@H](c1ccccc1)c1cccc(OCc2ccc(C(=O)OCCCN(CCCNC[C@H](O)c3ccc(O)c4[nH]c(=O)ccc34)C(=O)C3CCCCC3)cc2)c1)O[C@H]1CN2CCC1CC2. The van der Waals surface area contributed by atoms with Crippen molar-refractivity contribution in [2.24, 2.45) is 11.8 Å². The lowest BCUT2D eigenvalue weighted by Crippen LogP contribution is -2.52. The molecule has 13 heteroatoms. The highest BCUT2D eigenvalue weighted by Crippen LogP contribution is 2.34. The second-order valence-electron chi connectivity index (χ2n) is 18.4. The average molecular weight is 913 g/mol. The fraction of sp³-hybridized carbons (Fsp3) is 0.444. The summed E-state index contributed by atoms with van der Waals surface area (Å²) in [6.07, 6.45) is 7.70. The third-order valence-electron chi connectivity index (χ3n) is 13.8. The third kappa shape index (κ3) is 12.7. The number of carbonyl (C=O) groups is 3. The number of aromatic nitrogens is 1. The number of pyridine rings is 1. The second-order valence-corrected chi connectivity index (χ2v) is 18.4. The highest BCUT2D eigenvalue weighted by Gasteiger charge is 2.37. The Balaban J connectivity index is 0.790. The van der Waals surface area contributed by atoms with Gasteiger partial charge in [0.15, 0.2) is 0 Å². The highest BCUT2D eigenvalue weighted by molar-refractivity contribution is 5.89. The van der Waals surface area contributed by atoms with Crippen LogP contribution in [0.15, 0.2) is 108 Å². The first-order valence-electron chi connectivity index (χ1n) is 24.2. The molecule has 4 heterocycles. The predicted octanol–water partition coefficient (Wildman–Crippen LogP) is 7.64. The summed E-state index contributed by atoms with van der Waals surface area (Å²) >= 11 is 0. The molecule has 1 aliphatic carbocycles. The van der Waals surface area contributed by atoms with Gasteiger partial charge >= 0.3 is 11.9 Å². The first-order chi connectivity index (χ1) is 32.7. The van der Waals surface area contributed by atoms with E-state index in [1.807, 2.05) is 71.6 Å². The average Bonchev–Trinajstić information content (AvgIpc) is 3.36. The van der Waals surface area contributed by atoms with Crippen LogP contribution in [0, 0.1) is 11.8 Å². The van der Waals surface area contributed by atoms with Crippen molar-refractivity contribution >= 4 is 28.7 Å². The Kier molecular flexibility index (Phi) is 16.4. The number of nitrogens with one attached hydrogen (secondary N) is 2. The van der Waals surface area contributed by atoms with E-state index in [0.29, 0.717) is 60.7 Å². The molecule has 0 spiro atoms. The van der Waals surface area contributed by atoms with Crippen LogP contribution in [0.5, 0.6) is 11.5 Å². The summed E-state index contributed by atoms with van der Waals surface area (Å²) in [5.74, 6) is 0.432. The van der Waals surface area contributed by atoms with E-state index >= 15 is 0 Å². The maximum atomic E-state index is 13.7. The molecule has 5 aromatic rings. The lowest BCUT2D eigenvalue weighted by molar-refractivity contribution is -0.159. The zero-order valence-corrected chi connectivity index (χ0v) is 38.3. The molecular formula is C54H64N4O9. The maximum absolute atomic E-state index is 13.7. The minimum atomic E-state index is -0.875. The fourth-order valence-electron chi connectivity index (χ4n) is 10.0. The summed E-state index contributed by atoms with van der Waals surface area (Å²) in [7, 11) is 0. The summed E-state index contributed by atoms with van der Waals surface area (Å²) in [5.41, 5.74) is 3.87. The Hall–Kier alpha value is -6.02. The van der Waals surface area contributed by atoms with Gasteiger partial charge in [-0.2, -0.15) is 0 Å². The quantitative estimate of drug-likeness (QED) is 0.0422. The number of hydrogen-bond donors (Lipinski definition) is 4. The number of esters is 2. The molecule has 2 bridgehead atoms. The number of aliphatic hydroxyl groups is 1. The van der Waals surface area contributed by atoms with Crippen LogP contribution in [0.3, 0.4) is 0 Å². The van der Waals surface area contributed by atoms with Crippen LogP contribution >= 0.6 is 0 Å². The number of nitrogens with zero attached hydrogens (tertiary/aromatic N) is 2. The van der Waals surface area contributed by atoms with Crippen molar-refractivity contribution in [2.75, 3.05) is 52.4 Å². The molecule has 0 unspecified atom stereocenters. The number of rotatable bonds is 21. The highest BCUT2D eigenvalue weighted by atomic mass is 16.5. The molecule has 3 aliphatic heterocycles. The van der Waals surface area contributed by atoms with E-state index in [2.05, 4.69) is 15.2 Å².